The molecule has 262 valence electrons. The van der Waals surface area contributed by atoms with E-state index in [0.29, 0.717) is 23.2 Å². The zero-order chi connectivity index (χ0) is 36.0. The van der Waals surface area contributed by atoms with E-state index in [2.05, 4.69) is 10.3 Å². The Kier molecular flexibility index (Phi) is 9.46. The van der Waals surface area contributed by atoms with Crippen molar-refractivity contribution in [3.05, 3.63) is 87.2 Å². The summed E-state index contributed by atoms with van der Waals surface area (Å²) in [6.07, 6.45) is -6.59. The molecule has 0 unspecified atom stereocenters. The zero-order valence-electron chi connectivity index (χ0n) is 25.9. The van der Waals surface area contributed by atoms with Crippen LogP contribution in [0.1, 0.15) is 27.2 Å². The molecule has 4 aromatic rings. The van der Waals surface area contributed by atoms with E-state index in [4.69, 9.17) is 9.47 Å². The van der Waals surface area contributed by atoms with Crippen molar-refractivity contribution in [2.24, 2.45) is 7.05 Å². The Morgan fingerprint density at radius 3 is 2.41 bits per heavy atom. The number of esters is 1. The number of rotatable bonds is 7. The van der Waals surface area contributed by atoms with Crippen LogP contribution in [0.5, 0.6) is 0 Å². The van der Waals surface area contributed by atoms with Crippen LogP contribution >= 0.6 is 0 Å². The number of pyridine rings is 2. The fourth-order valence-electron chi connectivity index (χ4n) is 5.76. The monoisotopic (exact) mass is 701 g/mol. The molecule has 1 aromatic carbocycles. The molecule has 4 heterocycles. The van der Waals surface area contributed by atoms with Gasteiger partial charge in [-0.3, -0.25) is 9.59 Å². The first-order chi connectivity index (χ1) is 22.9. The van der Waals surface area contributed by atoms with E-state index in [1.54, 1.807) is 0 Å². The number of anilines is 1. The van der Waals surface area contributed by atoms with Crippen LogP contribution < -0.4 is 15.8 Å². The Morgan fingerprint density at radius 1 is 1.12 bits per heavy atom. The van der Waals surface area contributed by atoms with Gasteiger partial charge in [0, 0.05) is 55.5 Å². The maximum Gasteiger partial charge on any atom is 0.418 e. The Bertz CT molecular complexity index is 1960. The molecule has 0 radical (unpaired) electrons. The average molecular weight is 702 g/mol. The number of carbonyl (C=O) groups is 2. The Hall–Kier alpha value is -5.00. The second kappa shape index (κ2) is 13.1. The molecule has 1 aliphatic rings. The van der Waals surface area contributed by atoms with Crippen molar-refractivity contribution in [1.82, 2.24) is 19.3 Å². The Balaban J connectivity index is 1.47. The Labute approximate surface area is 271 Å². The highest BCUT2D eigenvalue weighted by Crippen LogP contribution is 2.36. The fourth-order valence-corrected chi connectivity index (χ4v) is 5.76. The van der Waals surface area contributed by atoms with Crippen LogP contribution in [0.15, 0.2) is 47.7 Å². The smallest absolute Gasteiger partial charge is 0.418 e. The van der Waals surface area contributed by atoms with Crippen LogP contribution in [-0.2, 0) is 33.9 Å². The molecule has 0 bridgehead atoms. The summed E-state index contributed by atoms with van der Waals surface area (Å²) in [7, 11) is 2.15. The SMILES string of the molecule is COC(=O)[C@H](Cc1ccc(-c2c(C)c(C(F)(F)F)cn(C)c2=O)c2nccn12)NC(=O)c1c(F)cc(N2CCOC[C@@H]2C(F)(F)F)cc1F. The first-order valence-corrected chi connectivity index (χ1v) is 14.5. The molecular formula is C31H27F8N5O5. The first-order valence-electron chi connectivity index (χ1n) is 14.5. The number of nitrogens with one attached hydrogen (secondary N) is 1. The first kappa shape index (κ1) is 35.3. The van der Waals surface area contributed by atoms with E-state index in [9.17, 15) is 40.7 Å². The van der Waals surface area contributed by atoms with Crippen molar-refractivity contribution in [2.75, 3.05) is 31.8 Å². The van der Waals surface area contributed by atoms with Gasteiger partial charge in [0.2, 0.25) is 0 Å². The summed E-state index contributed by atoms with van der Waals surface area (Å²) >= 11 is 0. The average Bonchev–Trinajstić information content (AvgIpc) is 3.52. The molecule has 0 spiro atoms. The van der Waals surface area contributed by atoms with Crippen molar-refractivity contribution in [2.45, 2.75) is 37.8 Å². The minimum Gasteiger partial charge on any atom is -0.467 e. The topological polar surface area (TPSA) is 107 Å². The predicted molar refractivity (Wildman–Crippen MR) is 157 cm³/mol. The number of morpholine rings is 1. The number of fused-ring (bicyclic) bond motifs is 1. The molecular weight excluding hydrogens is 674 g/mol. The normalized spacial score (nSPS) is 16.1. The van der Waals surface area contributed by atoms with Gasteiger partial charge in [-0.1, -0.05) is 0 Å². The highest BCUT2D eigenvalue weighted by Gasteiger charge is 2.46. The third-order valence-electron chi connectivity index (χ3n) is 8.14. The van der Waals surface area contributed by atoms with E-state index >= 15 is 8.78 Å². The number of alkyl halides is 6. The molecule has 5 rings (SSSR count). The lowest BCUT2D eigenvalue weighted by Crippen LogP contribution is -2.53. The van der Waals surface area contributed by atoms with Gasteiger partial charge in [-0.05, 0) is 36.8 Å². The summed E-state index contributed by atoms with van der Waals surface area (Å²) in [5.74, 6) is -5.47. The minimum absolute atomic E-state index is 0.0277. The molecule has 49 heavy (non-hydrogen) atoms. The molecule has 1 amide bonds. The lowest BCUT2D eigenvalue weighted by Gasteiger charge is -2.38. The molecule has 3 aromatic heterocycles. The van der Waals surface area contributed by atoms with Gasteiger partial charge in [0.25, 0.3) is 11.5 Å². The largest absolute Gasteiger partial charge is 0.467 e. The summed E-state index contributed by atoms with van der Waals surface area (Å²) in [5, 5.41) is 2.18. The molecule has 18 heteroatoms. The number of imidazole rings is 1. The molecule has 10 nitrogen and oxygen atoms in total. The van der Waals surface area contributed by atoms with Crippen LogP contribution in [-0.4, -0.2) is 71.0 Å². The molecule has 1 saturated heterocycles. The quantitative estimate of drug-likeness (QED) is 0.222. The number of aromatic nitrogens is 3. The van der Waals surface area contributed by atoms with Crippen LogP contribution in [0.4, 0.5) is 40.8 Å². The fraction of sp³-hybridized carbons (Fsp3) is 0.355. The number of methoxy groups -OCH3 is 1. The number of hydrogen-bond donors (Lipinski definition) is 1. The van der Waals surface area contributed by atoms with Crippen molar-refractivity contribution >= 4 is 23.2 Å². The lowest BCUT2D eigenvalue weighted by molar-refractivity contribution is -0.167. The number of carbonyl (C=O) groups excluding carboxylic acids is 2. The summed E-state index contributed by atoms with van der Waals surface area (Å²) in [5.41, 5.74) is -3.76. The maximum atomic E-state index is 15.2. The third-order valence-corrected chi connectivity index (χ3v) is 8.14. The number of aryl methyl sites for hydroxylation is 1. The molecule has 1 aliphatic heterocycles. The van der Waals surface area contributed by atoms with Gasteiger partial charge in [0.1, 0.15) is 34.9 Å². The molecule has 1 fully saturated rings. The summed E-state index contributed by atoms with van der Waals surface area (Å²) < 4.78 is 124. The third kappa shape index (κ3) is 6.81. The van der Waals surface area contributed by atoms with E-state index in [1.807, 2.05) is 0 Å². The number of ether oxygens (including phenoxy) is 2. The van der Waals surface area contributed by atoms with E-state index in [0.717, 1.165) is 18.6 Å². The van der Waals surface area contributed by atoms with Crippen LogP contribution in [0, 0.1) is 18.6 Å². The molecule has 0 aliphatic carbocycles. The van der Waals surface area contributed by atoms with Crippen LogP contribution in [0.2, 0.25) is 0 Å². The van der Waals surface area contributed by atoms with Crippen molar-refractivity contribution in [1.29, 1.82) is 0 Å². The number of nitrogens with zero attached hydrogens (tertiary/aromatic N) is 4. The highest BCUT2D eigenvalue weighted by atomic mass is 19.4. The van der Waals surface area contributed by atoms with Crippen molar-refractivity contribution < 1.29 is 54.2 Å². The summed E-state index contributed by atoms with van der Waals surface area (Å²) in [6.45, 7) is -0.0874. The van der Waals surface area contributed by atoms with Crippen molar-refractivity contribution in [3.63, 3.8) is 0 Å². The van der Waals surface area contributed by atoms with Gasteiger partial charge in [-0.25, -0.2) is 18.6 Å². The second-order valence-electron chi connectivity index (χ2n) is 11.2. The van der Waals surface area contributed by atoms with E-state index in [1.165, 1.54) is 36.0 Å². The number of hydrogen-bond acceptors (Lipinski definition) is 7. The van der Waals surface area contributed by atoms with Crippen LogP contribution in [0.3, 0.4) is 0 Å². The number of halogens is 8. The second-order valence-corrected chi connectivity index (χ2v) is 11.2. The predicted octanol–water partition coefficient (Wildman–Crippen LogP) is 4.59. The number of benzene rings is 1. The van der Waals surface area contributed by atoms with Gasteiger partial charge in [0.05, 0.1) is 31.5 Å². The van der Waals surface area contributed by atoms with Crippen LogP contribution in [0.25, 0.3) is 16.8 Å². The van der Waals surface area contributed by atoms with Gasteiger partial charge < -0.3 is 28.7 Å². The van der Waals surface area contributed by atoms with Gasteiger partial charge >= 0.3 is 18.3 Å². The Morgan fingerprint density at radius 2 is 1.80 bits per heavy atom. The highest BCUT2D eigenvalue weighted by molar-refractivity contribution is 5.97. The molecule has 1 N–H and O–H groups in total. The number of amides is 1. The molecule has 0 saturated carbocycles. The summed E-state index contributed by atoms with van der Waals surface area (Å²) in [6, 6.07) is 0.0437. The van der Waals surface area contributed by atoms with E-state index in [-0.39, 0.29) is 41.2 Å². The maximum absolute atomic E-state index is 15.2. The standard InChI is InChI=1S/C31H27F8N5O5/c1-15-19(30(34,35)36)13-42(2)28(46)24(15)18-5-4-16(44-7-6-40-26(18)44)12-22(29(47)48-3)41-27(45)25-20(32)10-17(11-21(25)33)43-8-9-49-14-23(43)31(37,38)39/h4-7,10-11,13,22-23H,8-9,12,14H2,1-3H3,(H,41,45)/t22-,23+/m0/s1. The minimum atomic E-state index is -4.78. The van der Waals surface area contributed by atoms with Crippen molar-refractivity contribution in [3.8, 4) is 11.1 Å². The molecule has 2 atom stereocenters. The summed E-state index contributed by atoms with van der Waals surface area (Å²) in [4.78, 5) is 43.8. The van der Waals surface area contributed by atoms with Gasteiger partial charge in [0.15, 0.2) is 0 Å². The van der Waals surface area contributed by atoms with E-state index < -0.39 is 83.3 Å². The zero-order valence-corrected chi connectivity index (χ0v) is 25.9. The van der Waals surface area contributed by atoms with Gasteiger partial charge in [-0.15, -0.1) is 0 Å². The lowest BCUT2D eigenvalue weighted by atomic mass is 9.98. The van der Waals surface area contributed by atoms with Gasteiger partial charge in [-0.2, -0.15) is 26.3 Å².